The summed E-state index contributed by atoms with van der Waals surface area (Å²) in [6, 6.07) is 9.23. The number of benzene rings is 1. The van der Waals surface area contributed by atoms with Crippen molar-refractivity contribution < 1.29 is 0 Å². The topological polar surface area (TPSA) is 37.0 Å². The predicted molar refractivity (Wildman–Crippen MR) is 82.6 cm³/mol. The van der Waals surface area contributed by atoms with Crippen LogP contribution in [0.3, 0.4) is 0 Å². The number of aromatic nitrogens is 1. The van der Waals surface area contributed by atoms with Crippen molar-refractivity contribution in [3.63, 3.8) is 0 Å². The van der Waals surface area contributed by atoms with E-state index in [1.807, 2.05) is 24.3 Å². The molecule has 0 aliphatic heterocycles. The van der Waals surface area contributed by atoms with Crippen LogP contribution in [0.2, 0.25) is 15.1 Å². The summed E-state index contributed by atoms with van der Waals surface area (Å²) in [6.45, 7) is 0.606. The highest BCUT2D eigenvalue weighted by Crippen LogP contribution is 2.29. The molecule has 0 aliphatic carbocycles. The fraction of sp³-hybridized carbons (Fsp3) is 0.154. The van der Waals surface area contributed by atoms with Crippen LogP contribution in [0, 0.1) is 0 Å². The maximum atomic E-state index is 6.09. The van der Waals surface area contributed by atoms with Crippen LogP contribution in [0.5, 0.6) is 0 Å². The maximum Gasteiger partial charge on any atom is 0.147 e. The Morgan fingerprint density at radius 3 is 2.26 bits per heavy atom. The first kappa shape index (κ1) is 14.3. The zero-order chi connectivity index (χ0) is 13.8. The summed E-state index contributed by atoms with van der Waals surface area (Å²) in [7, 11) is 1.76. The molecule has 0 aliphatic rings. The number of nitrogens with one attached hydrogen (secondary N) is 2. The molecule has 2 rings (SSSR count). The van der Waals surface area contributed by atoms with Crippen molar-refractivity contribution in [3.8, 4) is 0 Å². The molecule has 0 amide bonds. The highest BCUT2D eigenvalue weighted by Gasteiger charge is 2.08. The minimum absolute atomic E-state index is 0.484. The van der Waals surface area contributed by atoms with Gasteiger partial charge in [-0.3, -0.25) is 0 Å². The number of halogens is 3. The minimum Gasteiger partial charge on any atom is -0.372 e. The van der Waals surface area contributed by atoms with Gasteiger partial charge in [0.2, 0.25) is 0 Å². The lowest BCUT2D eigenvalue weighted by atomic mass is 10.2. The van der Waals surface area contributed by atoms with Crippen molar-refractivity contribution in [1.29, 1.82) is 0 Å². The van der Waals surface area contributed by atoms with Gasteiger partial charge in [-0.05, 0) is 23.8 Å². The van der Waals surface area contributed by atoms with E-state index in [2.05, 4.69) is 15.6 Å². The molecule has 0 atom stereocenters. The zero-order valence-corrected chi connectivity index (χ0v) is 12.4. The van der Waals surface area contributed by atoms with Crippen molar-refractivity contribution in [2.24, 2.45) is 0 Å². The van der Waals surface area contributed by atoms with Crippen molar-refractivity contribution in [2.75, 3.05) is 17.7 Å². The van der Waals surface area contributed by atoms with Gasteiger partial charge in [0.05, 0.1) is 10.0 Å². The molecule has 1 aromatic heterocycles. The van der Waals surface area contributed by atoms with Gasteiger partial charge in [0.25, 0.3) is 0 Å². The summed E-state index contributed by atoms with van der Waals surface area (Å²) in [5.74, 6) is 1.18. The third-order valence-corrected chi connectivity index (χ3v) is 3.37. The molecule has 0 bridgehead atoms. The van der Waals surface area contributed by atoms with Gasteiger partial charge in [0, 0.05) is 18.6 Å². The molecule has 19 heavy (non-hydrogen) atoms. The minimum atomic E-state index is 0.484. The van der Waals surface area contributed by atoms with Crippen LogP contribution in [0.1, 0.15) is 5.56 Å². The van der Waals surface area contributed by atoms with Crippen LogP contribution in [0.25, 0.3) is 0 Å². The number of pyridine rings is 1. The van der Waals surface area contributed by atoms with E-state index in [-0.39, 0.29) is 0 Å². The van der Waals surface area contributed by atoms with Crippen molar-refractivity contribution in [3.05, 3.63) is 51.0 Å². The van der Waals surface area contributed by atoms with Crippen LogP contribution >= 0.6 is 34.8 Å². The molecule has 3 nitrogen and oxygen atoms in total. The maximum absolute atomic E-state index is 6.09. The summed E-state index contributed by atoms with van der Waals surface area (Å²) in [5, 5.41) is 7.76. The third kappa shape index (κ3) is 3.66. The fourth-order valence-electron chi connectivity index (χ4n) is 1.55. The molecule has 2 aromatic rings. The van der Waals surface area contributed by atoms with Crippen molar-refractivity contribution in [1.82, 2.24) is 4.98 Å². The second-order valence-electron chi connectivity index (χ2n) is 3.88. The van der Waals surface area contributed by atoms with Gasteiger partial charge in [-0.2, -0.15) is 0 Å². The van der Waals surface area contributed by atoms with E-state index in [4.69, 9.17) is 34.8 Å². The second kappa shape index (κ2) is 6.33. The number of hydrogen-bond donors (Lipinski definition) is 2. The first-order valence-electron chi connectivity index (χ1n) is 5.62. The lowest BCUT2D eigenvalue weighted by Crippen LogP contribution is -2.04. The lowest BCUT2D eigenvalue weighted by Gasteiger charge is -2.10. The monoisotopic (exact) mass is 315 g/mol. The molecular formula is C13H12Cl3N3. The Labute approximate surface area is 126 Å². The molecule has 0 unspecified atom stereocenters. The van der Waals surface area contributed by atoms with Crippen LogP contribution in [0.15, 0.2) is 30.3 Å². The van der Waals surface area contributed by atoms with E-state index in [0.29, 0.717) is 33.2 Å². The third-order valence-electron chi connectivity index (χ3n) is 2.54. The molecule has 6 heteroatoms. The fourth-order valence-corrected chi connectivity index (χ4v) is 2.20. The van der Waals surface area contributed by atoms with Gasteiger partial charge < -0.3 is 10.6 Å². The van der Waals surface area contributed by atoms with E-state index in [9.17, 15) is 0 Å². The highest BCUT2D eigenvalue weighted by molar-refractivity contribution is 6.37. The number of rotatable bonds is 4. The average molecular weight is 317 g/mol. The average Bonchev–Trinajstić information content (AvgIpc) is 2.40. The Morgan fingerprint density at radius 2 is 1.63 bits per heavy atom. The van der Waals surface area contributed by atoms with E-state index in [1.54, 1.807) is 13.1 Å². The molecule has 2 N–H and O–H groups in total. The van der Waals surface area contributed by atoms with Gasteiger partial charge >= 0.3 is 0 Å². The second-order valence-corrected chi connectivity index (χ2v) is 5.13. The predicted octanol–water partition coefficient (Wildman–Crippen LogP) is 4.70. The molecule has 0 saturated heterocycles. The Bertz CT molecular complexity index is 570. The van der Waals surface area contributed by atoms with Crippen LogP contribution < -0.4 is 10.6 Å². The van der Waals surface area contributed by atoms with Gasteiger partial charge in [-0.15, -0.1) is 0 Å². The molecule has 0 spiro atoms. The van der Waals surface area contributed by atoms with E-state index in [1.165, 1.54) is 0 Å². The summed E-state index contributed by atoms with van der Waals surface area (Å²) < 4.78 is 0. The molecule has 0 radical (unpaired) electrons. The number of anilines is 2. The quantitative estimate of drug-likeness (QED) is 0.858. The van der Waals surface area contributed by atoms with Crippen molar-refractivity contribution >= 4 is 46.4 Å². The Morgan fingerprint density at radius 1 is 1.00 bits per heavy atom. The summed E-state index contributed by atoms with van der Waals surface area (Å²) in [6.07, 6.45) is 0. The van der Waals surface area contributed by atoms with Crippen LogP contribution in [0.4, 0.5) is 11.6 Å². The van der Waals surface area contributed by atoms with E-state index < -0.39 is 0 Å². The number of hydrogen-bond acceptors (Lipinski definition) is 3. The summed E-state index contributed by atoms with van der Waals surface area (Å²) in [5.41, 5.74) is 1.09. The Hall–Kier alpha value is -1.16. The van der Waals surface area contributed by atoms with Gasteiger partial charge in [0.1, 0.15) is 11.6 Å². The Balaban J connectivity index is 2.13. The molecule has 1 heterocycles. The molecule has 0 saturated carbocycles. The van der Waals surface area contributed by atoms with Crippen LogP contribution in [-0.2, 0) is 6.54 Å². The van der Waals surface area contributed by atoms with E-state index >= 15 is 0 Å². The summed E-state index contributed by atoms with van der Waals surface area (Å²) in [4.78, 5) is 4.31. The SMILES string of the molecule is CNc1nc(NCc2ccc(Cl)cc2)c(Cl)cc1Cl. The molecular weight excluding hydrogens is 305 g/mol. The molecule has 100 valence electrons. The van der Waals surface area contributed by atoms with Gasteiger partial charge in [-0.25, -0.2) is 4.98 Å². The first-order chi connectivity index (χ1) is 9.10. The molecule has 0 fully saturated rings. The smallest absolute Gasteiger partial charge is 0.147 e. The molecule has 1 aromatic carbocycles. The summed E-state index contributed by atoms with van der Waals surface area (Å²) >= 11 is 17.9. The lowest BCUT2D eigenvalue weighted by molar-refractivity contribution is 1.11. The normalized spacial score (nSPS) is 10.3. The first-order valence-corrected chi connectivity index (χ1v) is 6.75. The number of nitrogens with zero attached hydrogens (tertiary/aromatic N) is 1. The zero-order valence-electron chi connectivity index (χ0n) is 10.2. The van der Waals surface area contributed by atoms with Crippen LogP contribution in [-0.4, -0.2) is 12.0 Å². The van der Waals surface area contributed by atoms with Crippen molar-refractivity contribution in [2.45, 2.75) is 6.54 Å². The van der Waals surface area contributed by atoms with E-state index in [0.717, 1.165) is 5.56 Å². The standard InChI is InChI=1S/C13H12Cl3N3/c1-17-12-10(15)6-11(16)13(19-12)18-7-8-2-4-9(14)5-3-8/h2-6H,7H2,1H3,(H2,17,18,19). The Kier molecular flexibility index (Phi) is 4.75. The van der Waals surface area contributed by atoms with Gasteiger partial charge in [0.15, 0.2) is 0 Å². The highest BCUT2D eigenvalue weighted by atomic mass is 35.5. The van der Waals surface area contributed by atoms with Gasteiger partial charge in [-0.1, -0.05) is 46.9 Å². The largest absolute Gasteiger partial charge is 0.372 e.